The molecular formula is C23H26FN5OS. The number of halogens is 1. The van der Waals surface area contributed by atoms with E-state index in [0.717, 1.165) is 24.3 Å². The van der Waals surface area contributed by atoms with E-state index in [4.69, 9.17) is 0 Å². The molecule has 0 atom stereocenters. The molecule has 0 saturated heterocycles. The standard InChI is InChI=1S/C23H26FN5OS/c1-4-15-29-22(17-11-13-18(14-12-17)28(5-2)6-3)26-27-23(29)31-16-21(30)25-20-10-8-7-9-19(20)24/h4,7-14H,1,5-6,15-16H2,2-3H3,(H,25,30). The van der Waals surface area contributed by atoms with Crippen LogP contribution in [0.3, 0.4) is 0 Å². The molecule has 31 heavy (non-hydrogen) atoms. The van der Waals surface area contributed by atoms with Crippen molar-refractivity contribution in [2.45, 2.75) is 25.5 Å². The zero-order valence-corrected chi connectivity index (χ0v) is 18.5. The van der Waals surface area contributed by atoms with Gasteiger partial charge in [0, 0.05) is 30.9 Å². The quantitative estimate of drug-likeness (QED) is 0.362. The maximum Gasteiger partial charge on any atom is 0.234 e. The summed E-state index contributed by atoms with van der Waals surface area (Å²) in [5.74, 6) is 0.0207. The maximum absolute atomic E-state index is 13.7. The van der Waals surface area contributed by atoms with Crippen molar-refractivity contribution in [2.24, 2.45) is 0 Å². The maximum atomic E-state index is 13.7. The fraction of sp³-hybridized carbons (Fsp3) is 0.261. The molecule has 0 aliphatic rings. The highest BCUT2D eigenvalue weighted by atomic mass is 32.2. The number of hydrogen-bond acceptors (Lipinski definition) is 5. The van der Waals surface area contributed by atoms with Crippen LogP contribution in [-0.2, 0) is 11.3 Å². The monoisotopic (exact) mass is 439 g/mol. The second-order valence-electron chi connectivity index (χ2n) is 6.74. The number of carbonyl (C=O) groups is 1. The van der Waals surface area contributed by atoms with E-state index in [1.165, 1.54) is 23.9 Å². The first-order chi connectivity index (χ1) is 15.1. The van der Waals surface area contributed by atoms with Crippen molar-refractivity contribution in [1.29, 1.82) is 0 Å². The van der Waals surface area contributed by atoms with E-state index in [9.17, 15) is 9.18 Å². The molecule has 8 heteroatoms. The third-order valence-corrected chi connectivity index (χ3v) is 5.73. The third kappa shape index (κ3) is 5.52. The molecule has 1 heterocycles. The third-order valence-electron chi connectivity index (χ3n) is 4.76. The van der Waals surface area contributed by atoms with Gasteiger partial charge in [-0.15, -0.1) is 16.8 Å². The van der Waals surface area contributed by atoms with Crippen molar-refractivity contribution in [2.75, 3.05) is 29.1 Å². The van der Waals surface area contributed by atoms with Crippen LogP contribution in [-0.4, -0.2) is 39.5 Å². The Morgan fingerprint density at radius 3 is 2.52 bits per heavy atom. The molecule has 0 fully saturated rings. The number of allylic oxidation sites excluding steroid dienone is 1. The number of rotatable bonds is 10. The van der Waals surface area contributed by atoms with Gasteiger partial charge in [-0.25, -0.2) is 4.39 Å². The van der Waals surface area contributed by atoms with Crippen molar-refractivity contribution >= 4 is 29.0 Å². The molecule has 1 N–H and O–H groups in total. The molecule has 2 aromatic carbocycles. The highest BCUT2D eigenvalue weighted by Gasteiger charge is 2.16. The number of nitrogens with zero attached hydrogens (tertiary/aromatic N) is 4. The highest BCUT2D eigenvalue weighted by molar-refractivity contribution is 7.99. The molecule has 0 aliphatic carbocycles. The fourth-order valence-corrected chi connectivity index (χ4v) is 3.94. The Hall–Kier alpha value is -3.13. The van der Waals surface area contributed by atoms with E-state index in [1.807, 2.05) is 16.7 Å². The Labute approximate surface area is 186 Å². The first-order valence-electron chi connectivity index (χ1n) is 10.1. The lowest BCUT2D eigenvalue weighted by Gasteiger charge is -2.21. The van der Waals surface area contributed by atoms with E-state index in [-0.39, 0.29) is 17.3 Å². The van der Waals surface area contributed by atoms with Crippen molar-refractivity contribution in [3.05, 3.63) is 67.0 Å². The topological polar surface area (TPSA) is 63.1 Å². The van der Waals surface area contributed by atoms with Crippen LogP contribution in [0, 0.1) is 5.82 Å². The Morgan fingerprint density at radius 2 is 1.87 bits per heavy atom. The summed E-state index contributed by atoms with van der Waals surface area (Å²) < 4.78 is 15.6. The number of nitrogens with one attached hydrogen (secondary N) is 1. The fourth-order valence-electron chi connectivity index (χ4n) is 3.19. The molecule has 3 rings (SSSR count). The summed E-state index contributed by atoms with van der Waals surface area (Å²) in [5, 5.41) is 11.8. The van der Waals surface area contributed by atoms with E-state index < -0.39 is 5.82 Å². The van der Waals surface area contributed by atoms with E-state index in [0.29, 0.717) is 17.5 Å². The molecule has 0 radical (unpaired) electrons. The number of aromatic nitrogens is 3. The summed E-state index contributed by atoms with van der Waals surface area (Å²) in [6.45, 7) is 10.5. The van der Waals surface area contributed by atoms with Gasteiger partial charge >= 0.3 is 0 Å². The van der Waals surface area contributed by atoms with Gasteiger partial charge in [0.2, 0.25) is 5.91 Å². The summed E-state index contributed by atoms with van der Waals surface area (Å²) in [4.78, 5) is 14.5. The Balaban J connectivity index is 1.73. The molecule has 3 aromatic rings. The van der Waals surface area contributed by atoms with Gasteiger partial charge < -0.3 is 10.2 Å². The molecule has 0 spiro atoms. The van der Waals surface area contributed by atoms with Crippen LogP contribution in [0.1, 0.15) is 13.8 Å². The predicted octanol–water partition coefficient (Wildman–Crippen LogP) is 4.85. The molecule has 0 bridgehead atoms. The minimum absolute atomic E-state index is 0.0878. The first kappa shape index (κ1) is 22.6. The van der Waals surface area contributed by atoms with Gasteiger partial charge in [-0.05, 0) is 50.2 Å². The number of carbonyl (C=O) groups excluding carboxylic acids is 1. The van der Waals surface area contributed by atoms with Gasteiger partial charge in [-0.1, -0.05) is 30.0 Å². The molecule has 162 valence electrons. The predicted molar refractivity (Wildman–Crippen MR) is 125 cm³/mol. The van der Waals surface area contributed by atoms with Gasteiger partial charge in [0.05, 0.1) is 11.4 Å². The lowest BCUT2D eigenvalue weighted by molar-refractivity contribution is -0.113. The van der Waals surface area contributed by atoms with Crippen molar-refractivity contribution in [3.8, 4) is 11.4 Å². The lowest BCUT2D eigenvalue weighted by Crippen LogP contribution is -2.21. The van der Waals surface area contributed by atoms with Gasteiger partial charge in [0.1, 0.15) is 5.82 Å². The van der Waals surface area contributed by atoms with E-state index in [2.05, 4.69) is 53.0 Å². The number of benzene rings is 2. The van der Waals surface area contributed by atoms with Gasteiger partial charge in [-0.2, -0.15) is 0 Å². The van der Waals surface area contributed by atoms with E-state index in [1.54, 1.807) is 18.2 Å². The van der Waals surface area contributed by atoms with Crippen LogP contribution in [0.5, 0.6) is 0 Å². The van der Waals surface area contributed by atoms with Crippen molar-refractivity contribution in [3.63, 3.8) is 0 Å². The SMILES string of the molecule is C=CCn1c(SCC(=O)Nc2ccccc2F)nnc1-c1ccc(N(CC)CC)cc1. The van der Waals surface area contributed by atoms with Crippen LogP contribution < -0.4 is 10.2 Å². The average molecular weight is 440 g/mol. The van der Waals surface area contributed by atoms with Crippen LogP contribution in [0.25, 0.3) is 11.4 Å². The number of para-hydroxylation sites is 1. The molecule has 0 unspecified atom stereocenters. The van der Waals surface area contributed by atoms with E-state index >= 15 is 0 Å². The zero-order chi connectivity index (χ0) is 22.2. The summed E-state index contributed by atoms with van der Waals surface area (Å²) in [7, 11) is 0. The van der Waals surface area contributed by atoms with Crippen molar-refractivity contribution in [1.82, 2.24) is 14.8 Å². The number of thioether (sulfide) groups is 1. The first-order valence-corrected chi connectivity index (χ1v) is 11.1. The molecule has 1 aromatic heterocycles. The van der Waals surface area contributed by atoms with Crippen LogP contribution in [0.2, 0.25) is 0 Å². The van der Waals surface area contributed by atoms with Gasteiger partial charge in [0.15, 0.2) is 11.0 Å². The second kappa shape index (κ2) is 10.8. The minimum Gasteiger partial charge on any atom is -0.372 e. The van der Waals surface area contributed by atoms with Gasteiger partial charge in [-0.3, -0.25) is 9.36 Å². The summed E-state index contributed by atoms with van der Waals surface area (Å²) in [6.07, 6.45) is 1.76. The molecular weight excluding hydrogens is 413 g/mol. The summed E-state index contributed by atoms with van der Waals surface area (Å²) >= 11 is 1.25. The molecule has 0 saturated carbocycles. The molecule has 6 nitrogen and oxygen atoms in total. The molecule has 1 amide bonds. The van der Waals surface area contributed by atoms with Gasteiger partial charge in [0.25, 0.3) is 0 Å². The number of amides is 1. The normalized spacial score (nSPS) is 10.7. The summed E-state index contributed by atoms with van der Waals surface area (Å²) in [5.41, 5.74) is 2.26. The Morgan fingerprint density at radius 1 is 1.16 bits per heavy atom. The summed E-state index contributed by atoms with van der Waals surface area (Å²) in [6, 6.07) is 14.3. The largest absolute Gasteiger partial charge is 0.372 e. The van der Waals surface area contributed by atoms with Crippen LogP contribution in [0.15, 0.2) is 66.3 Å². The minimum atomic E-state index is -0.467. The average Bonchev–Trinajstić information content (AvgIpc) is 3.18. The van der Waals surface area contributed by atoms with Crippen LogP contribution >= 0.6 is 11.8 Å². The lowest BCUT2D eigenvalue weighted by atomic mass is 10.2. The van der Waals surface area contributed by atoms with Crippen molar-refractivity contribution < 1.29 is 9.18 Å². The molecule has 0 aliphatic heterocycles. The Bertz CT molecular complexity index is 1030. The number of anilines is 2. The second-order valence-corrected chi connectivity index (χ2v) is 7.68. The Kier molecular flexibility index (Phi) is 7.83. The highest BCUT2D eigenvalue weighted by Crippen LogP contribution is 2.26. The smallest absolute Gasteiger partial charge is 0.234 e. The number of hydrogen-bond donors (Lipinski definition) is 1. The van der Waals surface area contributed by atoms with Crippen LogP contribution in [0.4, 0.5) is 15.8 Å². The zero-order valence-electron chi connectivity index (χ0n) is 17.7.